The summed E-state index contributed by atoms with van der Waals surface area (Å²) in [6, 6.07) is 19.7. The van der Waals surface area contributed by atoms with Crippen molar-refractivity contribution in [2.24, 2.45) is 5.73 Å². The van der Waals surface area contributed by atoms with E-state index in [1.165, 1.54) is 16.8 Å². The van der Waals surface area contributed by atoms with E-state index < -0.39 is 0 Å². The summed E-state index contributed by atoms with van der Waals surface area (Å²) in [4.78, 5) is 2.30. The fourth-order valence-electron chi connectivity index (χ4n) is 2.40. The fraction of sp³-hybridized carbons (Fsp3) is 0.368. The summed E-state index contributed by atoms with van der Waals surface area (Å²) in [6.45, 7) is 3.16. The van der Waals surface area contributed by atoms with E-state index in [4.69, 9.17) is 5.73 Å². The zero-order valence-corrected chi connectivity index (χ0v) is 13.1. The Morgan fingerprint density at radius 2 is 1.62 bits per heavy atom. The molecule has 2 nitrogen and oxygen atoms in total. The van der Waals surface area contributed by atoms with Gasteiger partial charge in [0.2, 0.25) is 0 Å². The standard InChI is InChI=1S/C19H26N2/c1-3-18(20)15-17-9-11-19(12-10-17)21(2)14-13-16-7-5-4-6-8-16/h4-12,18H,3,13-15,20H2,1-2H3. The molecule has 0 spiro atoms. The molecule has 112 valence electrons. The number of hydrogen-bond acceptors (Lipinski definition) is 2. The molecule has 0 heterocycles. The molecule has 0 aromatic heterocycles. The van der Waals surface area contributed by atoms with Crippen LogP contribution < -0.4 is 10.6 Å². The maximum atomic E-state index is 6.00. The third kappa shape index (κ3) is 4.91. The van der Waals surface area contributed by atoms with Gasteiger partial charge >= 0.3 is 0 Å². The maximum absolute atomic E-state index is 6.00. The van der Waals surface area contributed by atoms with Crippen LogP contribution in [0.5, 0.6) is 0 Å². The van der Waals surface area contributed by atoms with Gasteiger partial charge in [0.25, 0.3) is 0 Å². The first-order valence-electron chi connectivity index (χ1n) is 7.78. The first-order chi connectivity index (χ1) is 10.2. The molecule has 0 amide bonds. The van der Waals surface area contributed by atoms with Crippen LogP contribution in [0.1, 0.15) is 24.5 Å². The number of hydrogen-bond donors (Lipinski definition) is 1. The topological polar surface area (TPSA) is 29.3 Å². The maximum Gasteiger partial charge on any atom is 0.0363 e. The van der Waals surface area contributed by atoms with Gasteiger partial charge in [-0.25, -0.2) is 0 Å². The van der Waals surface area contributed by atoms with Crippen LogP contribution in [0.25, 0.3) is 0 Å². The van der Waals surface area contributed by atoms with E-state index in [2.05, 4.69) is 73.5 Å². The number of nitrogens with zero attached hydrogens (tertiary/aromatic N) is 1. The van der Waals surface area contributed by atoms with Gasteiger partial charge < -0.3 is 10.6 Å². The predicted molar refractivity (Wildman–Crippen MR) is 91.8 cm³/mol. The largest absolute Gasteiger partial charge is 0.374 e. The lowest BCUT2D eigenvalue weighted by molar-refractivity contribution is 0.646. The van der Waals surface area contributed by atoms with Gasteiger partial charge in [-0.15, -0.1) is 0 Å². The molecule has 2 rings (SSSR count). The Morgan fingerprint density at radius 1 is 0.952 bits per heavy atom. The summed E-state index contributed by atoms with van der Waals surface area (Å²) >= 11 is 0. The molecule has 0 aliphatic rings. The number of nitrogens with two attached hydrogens (primary N) is 1. The van der Waals surface area contributed by atoms with Gasteiger partial charge in [-0.05, 0) is 42.5 Å². The summed E-state index contributed by atoms with van der Waals surface area (Å²) in [7, 11) is 2.15. The van der Waals surface area contributed by atoms with Gasteiger partial charge in [-0.2, -0.15) is 0 Å². The highest BCUT2D eigenvalue weighted by Crippen LogP contribution is 2.15. The third-order valence-electron chi connectivity index (χ3n) is 3.98. The molecule has 1 atom stereocenters. The van der Waals surface area contributed by atoms with E-state index in [9.17, 15) is 0 Å². The van der Waals surface area contributed by atoms with Crippen molar-refractivity contribution in [1.82, 2.24) is 0 Å². The Balaban J connectivity index is 1.89. The van der Waals surface area contributed by atoms with Crippen molar-refractivity contribution in [2.75, 3.05) is 18.5 Å². The van der Waals surface area contributed by atoms with Crippen LogP contribution in [0.15, 0.2) is 54.6 Å². The summed E-state index contributed by atoms with van der Waals surface area (Å²) in [5, 5.41) is 0. The van der Waals surface area contributed by atoms with Gasteiger partial charge in [0.15, 0.2) is 0 Å². The van der Waals surface area contributed by atoms with E-state index in [0.717, 1.165) is 25.8 Å². The zero-order chi connectivity index (χ0) is 15.1. The molecule has 0 bridgehead atoms. The van der Waals surface area contributed by atoms with Crippen LogP contribution in [-0.4, -0.2) is 19.6 Å². The Bertz CT molecular complexity index is 519. The highest BCUT2D eigenvalue weighted by atomic mass is 15.1. The van der Waals surface area contributed by atoms with Crippen molar-refractivity contribution in [3.8, 4) is 0 Å². The van der Waals surface area contributed by atoms with E-state index in [1.54, 1.807) is 0 Å². The Morgan fingerprint density at radius 3 is 2.24 bits per heavy atom. The monoisotopic (exact) mass is 282 g/mol. The van der Waals surface area contributed by atoms with Gasteiger partial charge in [0, 0.05) is 25.3 Å². The Hall–Kier alpha value is -1.80. The molecule has 0 saturated heterocycles. The number of benzene rings is 2. The van der Waals surface area contributed by atoms with E-state index in [1.807, 2.05) is 0 Å². The van der Waals surface area contributed by atoms with Crippen LogP contribution in [0.4, 0.5) is 5.69 Å². The van der Waals surface area contributed by atoms with Crippen LogP contribution in [0.2, 0.25) is 0 Å². The molecule has 0 fully saturated rings. The molecule has 0 radical (unpaired) electrons. The smallest absolute Gasteiger partial charge is 0.0363 e. The third-order valence-corrected chi connectivity index (χ3v) is 3.98. The molecule has 0 saturated carbocycles. The molecule has 2 aromatic rings. The van der Waals surface area contributed by atoms with E-state index >= 15 is 0 Å². The average Bonchev–Trinajstić information content (AvgIpc) is 2.54. The Kier molecular flexibility index (Phi) is 5.82. The van der Waals surface area contributed by atoms with Gasteiger partial charge in [-0.1, -0.05) is 49.4 Å². The van der Waals surface area contributed by atoms with Crippen LogP contribution >= 0.6 is 0 Å². The Labute approximate surface area is 128 Å². The van der Waals surface area contributed by atoms with Gasteiger partial charge in [-0.3, -0.25) is 0 Å². The minimum Gasteiger partial charge on any atom is -0.374 e. The highest BCUT2D eigenvalue weighted by Gasteiger charge is 2.04. The van der Waals surface area contributed by atoms with Crippen molar-refractivity contribution in [1.29, 1.82) is 0 Å². The second-order valence-electron chi connectivity index (χ2n) is 5.70. The fourth-order valence-corrected chi connectivity index (χ4v) is 2.40. The minimum absolute atomic E-state index is 0.270. The quantitative estimate of drug-likeness (QED) is 0.840. The lowest BCUT2D eigenvalue weighted by atomic mass is 10.0. The molecule has 0 aliphatic heterocycles. The van der Waals surface area contributed by atoms with Crippen molar-refractivity contribution in [3.05, 3.63) is 65.7 Å². The van der Waals surface area contributed by atoms with Crippen molar-refractivity contribution < 1.29 is 0 Å². The minimum atomic E-state index is 0.270. The molecular formula is C19H26N2. The summed E-state index contributed by atoms with van der Waals surface area (Å²) in [6.07, 6.45) is 3.06. The van der Waals surface area contributed by atoms with Crippen molar-refractivity contribution >= 4 is 5.69 Å². The number of anilines is 1. The molecular weight excluding hydrogens is 256 g/mol. The predicted octanol–water partition coefficient (Wildman–Crippen LogP) is 3.65. The molecule has 2 heteroatoms. The summed E-state index contributed by atoms with van der Waals surface area (Å²) < 4.78 is 0. The van der Waals surface area contributed by atoms with Gasteiger partial charge in [0.05, 0.1) is 0 Å². The second kappa shape index (κ2) is 7.84. The van der Waals surface area contributed by atoms with Gasteiger partial charge in [0.1, 0.15) is 0 Å². The first-order valence-corrected chi connectivity index (χ1v) is 7.78. The zero-order valence-electron chi connectivity index (χ0n) is 13.1. The lowest BCUT2D eigenvalue weighted by Gasteiger charge is -2.20. The lowest BCUT2D eigenvalue weighted by Crippen LogP contribution is -2.22. The highest BCUT2D eigenvalue weighted by molar-refractivity contribution is 5.47. The number of rotatable bonds is 7. The first kappa shape index (κ1) is 15.6. The van der Waals surface area contributed by atoms with E-state index in [-0.39, 0.29) is 6.04 Å². The molecule has 2 N–H and O–H groups in total. The molecule has 0 aliphatic carbocycles. The average molecular weight is 282 g/mol. The van der Waals surface area contributed by atoms with Crippen LogP contribution in [-0.2, 0) is 12.8 Å². The van der Waals surface area contributed by atoms with E-state index in [0.29, 0.717) is 0 Å². The molecule has 1 unspecified atom stereocenters. The van der Waals surface area contributed by atoms with Crippen molar-refractivity contribution in [2.45, 2.75) is 32.2 Å². The number of likely N-dealkylation sites (N-methyl/N-ethyl adjacent to an activating group) is 1. The summed E-state index contributed by atoms with van der Waals surface area (Å²) in [5.41, 5.74) is 9.98. The molecule has 21 heavy (non-hydrogen) atoms. The van der Waals surface area contributed by atoms with Crippen LogP contribution in [0.3, 0.4) is 0 Å². The normalized spacial score (nSPS) is 12.1. The van der Waals surface area contributed by atoms with Crippen LogP contribution in [0, 0.1) is 0 Å². The summed E-state index contributed by atoms with van der Waals surface area (Å²) in [5.74, 6) is 0. The second-order valence-corrected chi connectivity index (χ2v) is 5.70. The van der Waals surface area contributed by atoms with Crippen molar-refractivity contribution in [3.63, 3.8) is 0 Å². The molecule has 2 aromatic carbocycles. The SMILES string of the molecule is CCC(N)Cc1ccc(N(C)CCc2ccccc2)cc1.